The summed E-state index contributed by atoms with van der Waals surface area (Å²) in [4.78, 5) is 27.1. The average Bonchev–Trinajstić information content (AvgIpc) is 3.12. The number of hydrogen-bond acceptors (Lipinski definition) is 3. The summed E-state index contributed by atoms with van der Waals surface area (Å²) < 4.78 is 5.27. The standard InChI is InChI=1S/C19H20N2O3/c1-24-17-12-6-5-10-15(17)19(23)21-13-7-11-16(21)18(22)20-14-8-3-2-4-9-14/h2-6,8-10,12,16H,7,11,13H2,1H3,(H,20,22)/t16-/m0/s1. The molecule has 1 fully saturated rings. The maximum Gasteiger partial charge on any atom is 0.258 e. The molecule has 0 saturated carbocycles. The summed E-state index contributed by atoms with van der Waals surface area (Å²) in [6.07, 6.45) is 1.48. The maximum absolute atomic E-state index is 12.9. The second kappa shape index (κ2) is 7.17. The first-order valence-electron chi connectivity index (χ1n) is 8.00. The second-order valence-corrected chi connectivity index (χ2v) is 5.71. The summed E-state index contributed by atoms with van der Waals surface area (Å²) >= 11 is 0. The number of carbonyl (C=O) groups excluding carboxylic acids is 2. The molecule has 2 aromatic carbocycles. The van der Waals surface area contributed by atoms with E-state index in [-0.39, 0.29) is 11.8 Å². The van der Waals surface area contributed by atoms with Crippen LogP contribution in [0, 0.1) is 0 Å². The molecule has 0 unspecified atom stereocenters. The number of nitrogens with one attached hydrogen (secondary N) is 1. The van der Waals surface area contributed by atoms with E-state index in [1.54, 1.807) is 23.1 Å². The number of nitrogens with zero attached hydrogens (tertiary/aromatic N) is 1. The van der Waals surface area contributed by atoms with Gasteiger partial charge in [0.2, 0.25) is 5.91 Å². The fraction of sp³-hybridized carbons (Fsp3) is 0.263. The Hall–Kier alpha value is -2.82. The van der Waals surface area contributed by atoms with Gasteiger partial charge < -0.3 is 15.0 Å². The fourth-order valence-electron chi connectivity index (χ4n) is 3.01. The van der Waals surface area contributed by atoms with Crippen molar-refractivity contribution in [1.82, 2.24) is 4.90 Å². The molecule has 124 valence electrons. The zero-order chi connectivity index (χ0) is 16.9. The van der Waals surface area contributed by atoms with Gasteiger partial charge in [0.1, 0.15) is 11.8 Å². The van der Waals surface area contributed by atoms with E-state index in [2.05, 4.69) is 5.32 Å². The lowest BCUT2D eigenvalue weighted by Crippen LogP contribution is -2.43. The van der Waals surface area contributed by atoms with Crippen LogP contribution >= 0.6 is 0 Å². The van der Waals surface area contributed by atoms with Gasteiger partial charge in [0, 0.05) is 12.2 Å². The summed E-state index contributed by atoms with van der Waals surface area (Å²) in [5.74, 6) is 0.205. The van der Waals surface area contributed by atoms with E-state index in [1.165, 1.54) is 7.11 Å². The molecular weight excluding hydrogens is 304 g/mol. The number of para-hydroxylation sites is 2. The number of carbonyl (C=O) groups is 2. The van der Waals surface area contributed by atoms with Crippen LogP contribution in [-0.2, 0) is 4.79 Å². The quantitative estimate of drug-likeness (QED) is 0.941. The number of anilines is 1. The van der Waals surface area contributed by atoms with Crippen LogP contribution in [0.2, 0.25) is 0 Å². The van der Waals surface area contributed by atoms with Gasteiger partial charge in [0.25, 0.3) is 5.91 Å². The largest absolute Gasteiger partial charge is 0.496 e. The zero-order valence-electron chi connectivity index (χ0n) is 13.6. The zero-order valence-corrected chi connectivity index (χ0v) is 13.6. The molecule has 5 nitrogen and oxygen atoms in total. The van der Waals surface area contributed by atoms with E-state index in [0.717, 1.165) is 12.1 Å². The number of amides is 2. The highest BCUT2D eigenvalue weighted by atomic mass is 16.5. The van der Waals surface area contributed by atoms with Crippen molar-refractivity contribution in [2.24, 2.45) is 0 Å². The Morgan fingerprint density at radius 2 is 1.79 bits per heavy atom. The number of rotatable bonds is 4. The van der Waals surface area contributed by atoms with Gasteiger partial charge in [-0.15, -0.1) is 0 Å². The van der Waals surface area contributed by atoms with Gasteiger partial charge in [-0.05, 0) is 37.1 Å². The van der Waals surface area contributed by atoms with Crippen LogP contribution in [0.4, 0.5) is 5.69 Å². The third-order valence-electron chi connectivity index (χ3n) is 4.20. The number of benzene rings is 2. The highest BCUT2D eigenvalue weighted by Crippen LogP contribution is 2.25. The molecule has 1 heterocycles. The van der Waals surface area contributed by atoms with Crippen molar-refractivity contribution in [3.05, 3.63) is 60.2 Å². The molecule has 0 radical (unpaired) electrons. The van der Waals surface area contributed by atoms with E-state index in [4.69, 9.17) is 4.74 Å². The third-order valence-corrected chi connectivity index (χ3v) is 4.20. The molecule has 2 amide bonds. The van der Waals surface area contributed by atoms with Crippen LogP contribution in [0.15, 0.2) is 54.6 Å². The minimum Gasteiger partial charge on any atom is -0.496 e. The highest BCUT2D eigenvalue weighted by Gasteiger charge is 2.35. The topological polar surface area (TPSA) is 58.6 Å². The van der Waals surface area contributed by atoms with Gasteiger partial charge in [-0.25, -0.2) is 0 Å². The molecule has 0 aromatic heterocycles. The van der Waals surface area contributed by atoms with Crippen molar-refractivity contribution >= 4 is 17.5 Å². The Balaban J connectivity index is 1.77. The van der Waals surface area contributed by atoms with E-state index >= 15 is 0 Å². The molecule has 2 aromatic rings. The molecule has 1 saturated heterocycles. The Morgan fingerprint density at radius 1 is 1.08 bits per heavy atom. The van der Waals surface area contributed by atoms with Gasteiger partial charge in [0.15, 0.2) is 0 Å². The molecule has 0 spiro atoms. The molecular formula is C19H20N2O3. The summed E-state index contributed by atoms with van der Waals surface area (Å²) in [5, 5.41) is 2.88. The molecule has 24 heavy (non-hydrogen) atoms. The number of hydrogen-bond donors (Lipinski definition) is 1. The van der Waals surface area contributed by atoms with Crippen molar-refractivity contribution in [3.63, 3.8) is 0 Å². The van der Waals surface area contributed by atoms with Crippen LogP contribution in [0.25, 0.3) is 0 Å². The van der Waals surface area contributed by atoms with Crippen LogP contribution in [0.1, 0.15) is 23.2 Å². The summed E-state index contributed by atoms with van der Waals surface area (Å²) in [5.41, 5.74) is 1.22. The summed E-state index contributed by atoms with van der Waals surface area (Å²) in [7, 11) is 1.54. The normalized spacial score (nSPS) is 16.7. The Morgan fingerprint density at radius 3 is 2.54 bits per heavy atom. The van der Waals surface area contributed by atoms with Gasteiger partial charge >= 0.3 is 0 Å². The van der Waals surface area contributed by atoms with Crippen molar-refractivity contribution in [1.29, 1.82) is 0 Å². The molecule has 1 N–H and O–H groups in total. The smallest absolute Gasteiger partial charge is 0.258 e. The van der Waals surface area contributed by atoms with Crippen molar-refractivity contribution in [2.45, 2.75) is 18.9 Å². The number of ether oxygens (including phenoxy) is 1. The van der Waals surface area contributed by atoms with E-state index in [0.29, 0.717) is 24.3 Å². The highest BCUT2D eigenvalue weighted by molar-refractivity contribution is 6.02. The monoisotopic (exact) mass is 324 g/mol. The van der Waals surface area contributed by atoms with Crippen LogP contribution in [0.3, 0.4) is 0 Å². The SMILES string of the molecule is COc1ccccc1C(=O)N1CCC[C@H]1C(=O)Nc1ccccc1. The third kappa shape index (κ3) is 3.25. The fourth-order valence-corrected chi connectivity index (χ4v) is 3.01. The minimum absolute atomic E-state index is 0.151. The molecule has 5 heteroatoms. The first-order chi connectivity index (χ1) is 11.7. The molecule has 1 atom stereocenters. The van der Waals surface area contributed by atoms with Gasteiger partial charge in [-0.1, -0.05) is 30.3 Å². The average molecular weight is 324 g/mol. The first kappa shape index (κ1) is 16.1. The summed E-state index contributed by atoms with van der Waals surface area (Å²) in [6.45, 7) is 0.573. The molecule has 1 aliphatic heterocycles. The molecule has 3 rings (SSSR count). The predicted molar refractivity (Wildman–Crippen MR) is 92.1 cm³/mol. The first-order valence-corrected chi connectivity index (χ1v) is 8.00. The van der Waals surface area contributed by atoms with Gasteiger partial charge in [-0.3, -0.25) is 9.59 Å². The second-order valence-electron chi connectivity index (χ2n) is 5.71. The minimum atomic E-state index is -0.456. The lowest BCUT2D eigenvalue weighted by molar-refractivity contribution is -0.119. The van der Waals surface area contributed by atoms with E-state index in [1.807, 2.05) is 36.4 Å². The van der Waals surface area contributed by atoms with Crippen molar-refractivity contribution in [2.75, 3.05) is 19.0 Å². The lowest BCUT2D eigenvalue weighted by Gasteiger charge is -2.24. The Kier molecular flexibility index (Phi) is 4.79. The predicted octanol–water partition coefficient (Wildman–Crippen LogP) is 2.94. The number of likely N-dealkylation sites (tertiary alicyclic amines) is 1. The van der Waals surface area contributed by atoms with Crippen LogP contribution < -0.4 is 10.1 Å². The van der Waals surface area contributed by atoms with Crippen molar-refractivity contribution < 1.29 is 14.3 Å². The lowest BCUT2D eigenvalue weighted by atomic mass is 10.1. The van der Waals surface area contributed by atoms with Gasteiger partial charge in [0.05, 0.1) is 12.7 Å². The van der Waals surface area contributed by atoms with E-state index in [9.17, 15) is 9.59 Å². The molecule has 0 bridgehead atoms. The molecule has 0 aliphatic carbocycles. The number of methoxy groups -OCH3 is 1. The van der Waals surface area contributed by atoms with Gasteiger partial charge in [-0.2, -0.15) is 0 Å². The summed E-state index contributed by atoms with van der Waals surface area (Å²) in [6, 6.07) is 15.9. The van der Waals surface area contributed by atoms with Crippen LogP contribution in [-0.4, -0.2) is 36.4 Å². The maximum atomic E-state index is 12.9. The van der Waals surface area contributed by atoms with E-state index < -0.39 is 6.04 Å². The molecule has 1 aliphatic rings. The Labute approximate surface area is 141 Å². The van der Waals surface area contributed by atoms with Crippen molar-refractivity contribution in [3.8, 4) is 5.75 Å². The Bertz CT molecular complexity index is 730. The van der Waals surface area contributed by atoms with Crippen LogP contribution in [0.5, 0.6) is 5.75 Å².